The van der Waals surface area contributed by atoms with Gasteiger partial charge in [-0.25, -0.2) is 9.78 Å². The Morgan fingerprint density at radius 2 is 2.44 bits per heavy atom. The summed E-state index contributed by atoms with van der Waals surface area (Å²) in [5.74, 6) is 2.19. The van der Waals surface area contributed by atoms with Crippen molar-refractivity contribution in [2.45, 2.75) is 13.0 Å². The molecule has 1 N–H and O–H groups in total. The first-order chi connectivity index (χ1) is 8.75. The molecule has 2 heterocycles. The van der Waals surface area contributed by atoms with E-state index in [1.54, 1.807) is 18.5 Å². The van der Waals surface area contributed by atoms with Gasteiger partial charge < -0.3 is 9.67 Å². The van der Waals surface area contributed by atoms with Crippen LogP contribution in [0, 0.1) is 5.92 Å². The summed E-state index contributed by atoms with van der Waals surface area (Å²) >= 11 is 1.99. The number of rotatable bonds is 3. The van der Waals surface area contributed by atoms with E-state index < -0.39 is 5.97 Å². The van der Waals surface area contributed by atoms with Crippen LogP contribution in [-0.4, -0.2) is 32.1 Å². The van der Waals surface area contributed by atoms with E-state index in [-0.39, 0.29) is 5.56 Å². The van der Waals surface area contributed by atoms with Crippen molar-refractivity contribution in [1.29, 1.82) is 0 Å². The molecule has 0 amide bonds. The van der Waals surface area contributed by atoms with Crippen LogP contribution in [0.4, 0.5) is 0 Å². The molecule has 0 aliphatic carbocycles. The third-order valence-corrected chi connectivity index (χ3v) is 4.59. The van der Waals surface area contributed by atoms with Crippen molar-refractivity contribution in [2.75, 3.05) is 11.5 Å². The van der Waals surface area contributed by atoms with Gasteiger partial charge in [-0.05, 0) is 36.0 Å². The van der Waals surface area contributed by atoms with Gasteiger partial charge in [-0.2, -0.15) is 11.8 Å². The minimum atomic E-state index is -0.915. The Morgan fingerprint density at radius 1 is 1.56 bits per heavy atom. The molecule has 94 valence electrons. The number of aromatic carboxylic acids is 1. The van der Waals surface area contributed by atoms with E-state index in [9.17, 15) is 4.79 Å². The third-order valence-electron chi connectivity index (χ3n) is 3.36. The van der Waals surface area contributed by atoms with E-state index in [0.29, 0.717) is 11.4 Å². The van der Waals surface area contributed by atoms with Gasteiger partial charge in [0.15, 0.2) is 0 Å². The lowest BCUT2D eigenvalue weighted by atomic mass is 10.1. The first-order valence-electron chi connectivity index (χ1n) is 6.00. The summed E-state index contributed by atoms with van der Waals surface area (Å²) in [6, 6.07) is 5.33. The molecule has 0 bridgehead atoms. The smallest absolute Gasteiger partial charge is 0.337 e. The standard InChI is InChI=1S/C13H14N2O2S/c16-13(17)10-2-1-3-11-12(10)14-8-15(11)6-9-4-5-18-7-9/h1-3,8-9H,4-7H2,(H,16,17). The van der Waals surface area contributed by atoms with Crippen molar-refractivity contribution < 1.29 is 9.90 Å². The molecule has 18 heavy (non-hydrogen) atoms. The van der Waals surface area contributed by atoms with E-state index in [1.165, 1.54) is 17.9 Å². The van der Waals surface area contributed by atoms with Crippen LogP contribution < -0.4 is 0 Å². The van der Waals surface area contributed by atoms with Gasteiger partial charge in [0.1, 0.15) is 5.52 Å². The Labute approximate surface area is 109 Å². The number of hydrogen-bond donors (Lipinski definition) is 1. The topological polar surface area (TPSA) is 55.1 Å². The Bertz CT molecular complexity index is 588. The van der Waals surface area contributed by atoms with Crippen LogP contribution in [0.5, 0.6) is 0 Å². The van der Waals surface area contributed by atoms with Crippen molar-refractivity contribution in [3.8, 4) is 0 Å². The summed E-state index contributed by atoms with van der Waals surface area (Å²) in [6.07, 6.45) is 3.00. The maximum atomic E-state index is 11.1. The predicted molar refractivity (Wildman–Crippen MR) is 72.1 cm³/mol. The number of carboxylic acids is 1. The van der Waals surface area contributed by atoms with Gasteiger partial charge >= 0.3 is 5.97 Å². The fraction of sp³-hybridized carbons (Fsp3) is 0.385. The number of para-hydroxylation sites is 1. The van der Waals surface area contributed by atoms with Crippen LogP contribution in [0.1, 0.15) is 16.8 Å². The summed E-state index contributed by atoms with van der Waals surface area (Å²) in [5.41, 5.74) is 1.80. The maximum Gasteiger partial charge on any atom is 0.337 e. The minimum absolute atomic E-state index is 0.284. The molecule has 1 fully saturated rings. The molecule has 0 radical (unpaired) electrons. The molecule has 4 nitrogen and oxygen atoms in total. The molecule has 2 aromatic rings. The number of fused-ring (bicyclic) bond motifs is 1. The predicted octanol–water partition coefficient (Wildman–Crippen LogP) is 2.49. The summed E-state index contributed by atoms with van der Waals surface area (Å²) in [4.78, 5) is 15.4. The van der Waals surface area contributed by atoms with E-state index in [2.05, 4.69) is 9.55 Å². The highest BCUT2D eigenvalue weighted by molar-refractivity contribution is 7.99. The fourth-order valence-corrected chi connectivity index (χ4v) is 3.68. The third kappa shape index (κ3) is 1.99. The SMILES string of the molecule is O=C(O)c1cccc2c1ncn2CC1CCSC1. The Morgan fingerprint density at radius 3 is 3.17 bits per heavy atom. The minimum Gasteiger partial charge on any atom is -0.478 e. The van der Waals surface area contributed by atoms with E-state index in [0.717, 1.165) is 12.1 Å². The lowest BCUT2D eigenvalue weighted by molar-refractivity contribution is 0.0699. The summed E-state index contributed by atoms with van der Waals surface area (Å²) in [5, 5.41) is 9.12. The number of imidazole rings is 1. The molecular formula is C13H14N2O2S. The summed E-state index contributed by atoms with van der Waals surface area (Å²) in [6.45, 7) is 0.937. The molecule has 1 unspecified atom stereocenters. The van der Waals surface area contributed by atoms with Crippen molar-refractivity contribution in [2.24, 2.45) is 5.92 Å². The number of carboxylic acid groups (broad SMARTS) is 1. The van der Waals surface area contributed by atoms with Gasteiger partial charge in [-0.1, -0.05) is 6.07 Å². The van der Waals surface area contributed by atoms with Crippen LogP contribution in [0.3, 0.4) is 0 Å². The second kappa shape index (κ2) is 4.65. The van der Waals surface area contributed by atoms with Crippen LogP contribution in [-0.2, 0) is 6.54 Å². The van der Waals surface area contributed by atoms with Crippen LogP contribution in [0.2, 0.25) is 0 Å². The quantitative estimate of drug-likeness (QED) is 0.923. The average Bonchev–Trinajstić information content (AvgIpc) is 2.99. The second-order valence-corrected chi connectivity index (χ2v) is 5.75. The molecule has 0 saturated carbocycles. The zero-order valence-electron chi connectivity index (χ0n) is 9.87. The van der Waals surface area contributed by atoms with E-state index >= 15 is 0 Å². The molecule has 0 spiro atoms. The zero-order chi connectivity index (χ0) is 12.5. The molecule has 1 atom stereocenters. The molecule has 5 heteroatoms. The number of aromatic nitrogens is 2. The molecule has 1 aromatic carbocycles. The normalized spacial score (nSPS) is 19.4. The Hall–Kier alpha value is -1.49. The Kier molecular flexibility index (Phi) is 2.99. The van der Waals surface area contributed by atoms with Crippen LogP contribution in [0.25, 0.3) is 11.0 Å². The number of thioether (sulfide) groups is 1. The number of nitrogens with zero attached hydrogens (tertiary/aromatic N) is 2. The molecule has 1 aromatic heterocycles. The highest BCUT2D eigenvalue weighted by Crippen LogP contribution is 2.26. The molecule has 1 saturated heterocycles. The number of benzene rings is 1. The van der Waals surface area contributed by atoms with Crippen molar-refractivity contribution in [3.05, 3.63) is 30.1 Å². The lowest BCUT2D eigenvalue weighted by Gasteiger charge is -2.10. The zero-order valence-corrected chi connectivity index (χ0v) is 10.7. The maximum absolute atomic E-state index is 11.1. The van der Waals surface area contributed by atoms with E-state index in [4.69, 9.17) is 5.11 Å². The second-order valence-electron chi connectivity index (χ2n) is 4.61. The first kappa shape index (κ1) is 11.6. The average molecular weight is 262 g/mol. The summed E-state index contributed by atoms with van der Waals surface area (Å²) in [7, 11) is 0. The molecule has 1 aliphatic heterocycles. The van der Waals surface area contributed by atoms with Crippen LogP contribution in [0.15, 0.2) is 24.5 Å². The van der Waals surface area contributed by atoms with Gasteiger partial charge in [0.05, 0.1) is 17.4 Å². The summed E-state index contributed by atoms with van der Waals surface area (Å²) < 4.78 is 2.08. The van der Waals surface area contributed by atoms with Crippen molar-refractivity contribution >= 4 is 28.8 Å². The highest BCUT2D eigenvalue weighted by Gasteiger charge is 2.18. The number of hydrogen-bond acceptors (Lipinski definition) is 3. The number of carbonyl (C=O) groups is 1. The van der Waals surface area contributed by atoms with Gasteiger partial charge in [-0.3, -0.25) is 0 Å². The van der Waals surface area contributed by atoms with Crippen molar-refractivity contribution in [1.82, 2.24) is 9.55 Å². The largest absolute Gasteiger partial charge is 0.478 e. The van der Waals surface area contributed by atoms with E-state index in [1.807, 2.05) is 17.8 Å². The molecule has 3 rings (SSSR count). The first-order valence-corrected chi connectivity index (χ1v) is 7.16. The Balaban J connectivity index is 1.98. The lowest BCUT2D eigenvalue weighted by Crippen LogP contribution is -2.09. The molecular weight excluding hydrogens is 248 g/mol. The van der Waals surface area contributed by atoms with Crippen LogP contribution >= 0.6 is 11.8 Å². The van der Waals surface area contributed by atoms with Gasteiger partial charge in [0, 0.05) is 6.54 Å². The molecule has 1 aliphatic rings. The van der Waals surface area contributed by atoms with Gasteiger partial charge in [0.25, 0.3) is 0 Å². The van der Waals surface area contributed by atoms with Crippen molar-refractivity contribution in [3.63, 3.8) is 0 Å². The van der Waals surface area contributed by atoms with Gasteiger partial charge in [0.2, 0.25) is 0 Å². The van der Waals surface area contributed by atoms with Gasteiger partial charge in [-0.15, -0.1) is 0 Å². The monoisotopic (exact) mass is 262 g/mol. The highest BCUT2D eigenvalue weighted by atomic mass is 32.2. The fourth-order valence-electron chi connectivity index (χ4n) is 2.41.